The van der Waals surface area contributed by atoms with Gasteiger partial charge in [0.25, 0.3) is 0 Å². The predicted molar refractivity (Wildman–Crippen MR) is 97.2 cm³/mol. The molecule has 0 aromatic heterocycles. The van der Waals surface area contributed by atoms with Gasteiger partial charge in [-0.2, -0.15) is 0 Å². The molecule has 8 heteroatoms. The average Bonchev–Trinajstić information content (AvgIpc) is 3.04. The predicted octanol–water partition coefficient (Wildman–Crippen LogP) is 2.52. The van der Waals surface area contributed by atoms with Crippen molar-refractivity contribution in [1.29, 1.82) is 0 Å². The van der Waals surface area contributed by atoms with Crippen molar-refractivity contribution in [1.82, 2.24) is 4.90 Å². The van der Waals surface area contributed by atoms with Crippen LogP contribution in [0.4, 0.5) is 10.5 Å². The molecule has 2 atom stereocenters. The molecule has 7 nitrogen and oxygen atoms in total. The number of carbonyl (C=O) groups is 1. The number of benzene rings is 1. The lowest BCUT2D eigenvalue weighted by atomic mass is 10.2. The van der Waals surface area contributed by atoms with Crippen LogP contribution in [0.2, 0.25) is 0 Å². The number of ether oxygens (including phenoxy) is 2. The van der Waals surface area contributed by atoms with E-state index in [1.807, 2.05) is 6.92 Å². The van der Waals surface area contributed by atoms with Gasteiger partial charge in [-0.1, -0.05) is 0 Å². The van der Waals surface area contributed by atoms with Gasteiger partial charge in [0, 0.05) is 31.1 Å². The molecule has 1 aliphatic rings. The highest BCUT2D eigenvalue weighted by Gasteiger charge is 2.38. The topological polar surface area (TPSA) is 84.9 Å². The lowest BCUT2D eigenvalue weighted by molar-refractivity contribution is 0.205. The van der Waals surface area contributed by atoms with Crippen LogP contribution in [-0.2, 0) is 9.84 Å². The first-order valence-corrected chi connectivity index (χ1v) is 10.3. The Morgan fingerprint density at radius 3 is 2.64 bits per heavy atom. The van der Waals surface area contributed by atoms with Gasteiger partial charge in [0.05, 0.1) is 19.0 Å². The molecule has 1 aromatic carbocycles. The van der Waals surface area contributed by atoms with Crippen LogP contribution in [0.1, 0.15) is 26.2 Å². The molecular formula is C17H26N2O5S. The minimum absolute atomic E-state index is 0.306. The Balaban J connectivity index is 2.12. The SMILES string of the molecule is CCOc1cc(NC(=O)N(C)[C@H]2CCC[C@@H]2S(C)(=O)=O)ccc1OC. The van der Waals surface area contributed by atoms with Gasteiger partial charge in [-0.3, -0.25) is 0 Å². The molecule has 1 aromatic rings. The first-order valence-electron chi connectivity index (χ1n) is 8.31. The molecule has 0 radical (unpaired) electrons. The Morgan fingerprint density at radius 1 is 1.32 bits per heavy atom. The Labute approximate surface area is 149 Å². The summed E-state index contributed by atoms with van der Waals surface area (Å²) in [4.78, 5) is 14.0. The Bertz CT molecular complexity index is 720. The Morgan fingerprint density at radius 2 is 2.04 bits per heavy atom. The van der Waals surface area contributed by atoms with E-state index in [-0.39, 0.29) is 12.1 Å². The van der Waals surface area contributed by atoms with Crippen LogP contribution < -0.4 is 14.8 Å². The van der Waals surface area contributed by atoms with E-state index in [0.717, 1.165) is 6.42 Å². The van der Waals surface area contributed by atoms with E-state index in [9.17, 15) is 13.2 Å². The van der Waals surface area contributed by atoms with Crippen molar-refractivity contribution >= 4 is 21.6 Å². The third-order valence-electron chi connectivity index (χ3n) is 4.50. The summed E-state index contributed by atoms with van der Waals surface area (Å²) < 4.78 is 34.6. The van der Waals surface area contributed by atoms with E-state index in [1.54, 1.807) is 32.4 Å². The molecule has 2 amide bonds. The quantitative estimate of drug-likeness (QED) is 0.832. The molecule has 0 unspecified atom stereocenters. The highest BCUT2D eigenvalue weighted by Crippen LogP contribution is 2.31. The smallest absolute Gasteiger partial charge is 0.321 e. The van der Waals surface area contributed by atoms with E-state index in [4.69, 9.17) is 9.47 Å². The van der Waals surface area contributed by atoms with Gasteiger partial charge in [-0.25, -0.2) is 13.2 Å². The molecule has 1 aliphatic carbocycles. The van der Waals surface area contributed by atoms with Crippen LogP contribution in [-0.4, -0.2) is 57.7 Å². The van der Waals surface area contributed by atoms with Crippen LogP contribution in [0.3, 0.4) is 0 Å². The van der Waals surface area contributed by atoms with Crippen LogP contribution >= 0.6 is 0 Å². The zero-order valence-electron chi connectivity index (χ0n) is 15.1. The van der Waals surface area contributed by atoms with Gasteiger partial charge in [0.15, 0.2) is 21.3 Å². The van der Waals surface area contributed by atoms with E-state index in [0.29, 0.717) is 36.6 Å². The zero-order valence-corrected chi connectivity index (χ0v) is 15.9. The summed E-state index contributed by atoms with van der Waals surface area (Å²) in [7, 11) is 0.00192. The summed E-state index contributed by atoms with van der Waals surface area (Å²) in [5, 5.41) is 2.30. The van der Waals surface area contributed by atoms with Crippen molar-refractivity contribution in [3.63, 3.8) is 0 Å². The second-order valence-electron chi connectivity index (χ2n) is 6.21. The van der Waals surface area contributed by atoms with Gasteiger partial charge in [0.2, 0.25) is 0 Å². The molecule has 1 saturated carbocycles. The first kappa shape index (κ1) is 19.4. The highest BCUT2D eigenvalue weighted by molar-refractivity contribution is 7.91. The summed E-state index contributed by atoms with van der Waals surface area (Å²) in [5.74, 6) is 1.13. The van der Waals surface area contributed by atoms with Crippen LogP contribution in [0, 0.1) is 0 Å². The second-order valence-corrected chi connectivity index (χ2v) is 8.47. The molecular weight excluding hydrogens is 344 g/mol. The standard InChI is InChI=1S/C17H26N2O5S/c1-5-24-15-11-12(9-10-14(15)23-3)18-17(20)19(2)13-7-6-8-16(13)25(4,21)22/h9-11,13,16H,5-8H2,1-4H3,(H,18,20)/t13-,16-/m0/s1. The van der Waals surface area contributed by atoms with E-state index in [1.165, 1.54) is 11.2 Å². The van der Waals surface area contributed by atoms with Crippen molar-refractivity contribution in [2.45, 2.75) is 37.5 Å². The number of methoxy groups -OCH3 is 1. The summed E-state index contributed by atoms with van der Waals surface area (Å²) in [6.07, 6.45) is 3.32. The van der Waals surface area contributed by atoms with E-state index < -0.39 is 15.1 Å². The number of carbonyl (C=O) groups excluding carboxylic acids is 1. The van der Waals surface area contributed by atoms with Crippen molar-refractivity contribution in [2.24, 2.45) is 0 Å². The Hall–Kier alpha value is -1.96. The minimum atomic E-state index is -3.18. The van der Waals surface area contributed by atoms with Crippen LogP contribution in [0.25, 0.3) is 0 Å². The molecule has 0 heterocycles. The monoisotopic (exact) mass is 370 g/mol. The lowest BCUT2D eigenvalue weighted by Gasteiger charge is -2.29. The summed E-state index contributed by atoms with van der Waals surface area (Å²) >= 11 is 0. The number of rotatable bonds is 6. The summed E-state index contributed by atoms with van der Waals surface area (Å²) in [6.45, 7) is 2.34. The Kier molecular flexibility index (Phi) is 6.16. The van der Waals surface area contributed by atoms with Crippen molar-refractivity contribution in [2.75, 3.05) is 32.3 Å². The summed E-state index contributed by atoms with van der Waals surface area (Å²) in [6, 6.07) is 4.48. The maximum atomic E-state index is 12.5. The third kappa shape index (κ3) is 4.56. The van der Waals surface area contributed by atoms with Crippen molar-refractivity contribution in [3.05, 3.63) is 18.2 Å². The molecule has 1 N–H and O–H groups in total. The van der Waals surface area contributed by atoms with Crippen LogP contribution in [0.15, 0.2) is 18.2 Å². The molecule has 0 saturated heterocycles. The third-order valence-corrected chi connectivity index (χ3v) is 6.15. The normalized spacial score (nSPS) is 20.2. The number of hydrogen-bond donors (Lipinski definition) is 1. The van der Waals surface area contributed by atoms with Gasteiger partial charge in [-0.05, 0) is 38.3 Å². The van der Waals surface area contributed by atoms with Gasteiger partial charge in [0.1, 0.15) is 0 Å². The maximum absolute atomic E-state index is 12.5. The number of anilines is 1. The highest BCUT2D eigenvalue weighted by atomic mass is 32.2. The zero-order chi connectivity index (χ0) is 18.6. The fourth-order valence-corrected chi connectivity index (χ4v) is 4.72. The minimum Gasteiger partial charge on any atom is -0.493 e. The van der Waals surface area contributed by atoms with Gasteiger partial charge < -0.3 is 19.7 Å². The number of sulfone groups is 1. The van der Waals surface area contributed by atoms with E-state index in [2.05, 4.69) is 5.32 Å². The van der Waals surface area contributed by atoms with E-state index >= 15 is 0 Å². The molecule has 0 spiro atoms. The van der Waals surface area contributed by atoms with Gasteiger partial charge >= 0.3 is 6.03 Å². The lowest BCUT2D eigenvalue weighted by Crippen LogP contribution is -2.46. The van der Waals surface area contributed by atoms with Crippen LogP contribution in [0.5, 0.6) is 11.5 Å². The number of nitrogens with zero attached hydrogens (tertiary/aromatic N) is 1. The maximum Gasteiger partial charge on any atom is 0.321 e. The molecule has 1 fully saturated rings. The number of nitrogens with one attached hydrogen (secondary N) is 1. The van der Waals surface area contributed by atoms with Gasteiger partial charge in [-0.15, -0.1) is 0 Å². The molecule has 2 rings (SSSR count). The second kappa shape index (κ2) is 7.95. The largest absolute Gasteiger partial charge is 0.493 e. The molecule has 0 bridgehead atoms. The van der Waals surface area contributed by atoms with Crippen molar-refractivity contribution < 1.29 is 22.7 Å². The fourth-order valence-electron chi connectivity index (χ4n) is 3.23. The summed E-state index contributed by atoms with van der Waals surface area (Å²) in [5.41, 5.74) is 0.565. The molecule has 25 heavy (non-hydrogen) atoms. The first-order chi connectivity index (χ1) is 11.8. The fraction of sp³-hybridized carbons (Fsp3) is 0.588. The van der Waals surface area contributed by atoms with Crippen molar-refractivity contribution in [3.8, 4) is 11.5 Å². The average molecular weight is 370 g/mol. The number of amides is 2. The molecule has 0 aliphatic heterocycles. The molecule has 140 valence electrons. The number of urea groups is 1. The number of hydrogen-bond acceptors (Lipinski definition) is 5.